The van der Waals surface area contributed by atoms with Crippen LogP contribution in [0.5, 0.6) is 0 Å². The molecule has 130 valence electrons. The van der Waals surface area contributed by atoms with Crippen molar-refractivity contribution in [3.05, 3.63) is 69.6 Å². The summed E-state index contributed by atoms with van der Waals surface area (Å²) in [4.78, 5) is 12.7. The molecule has 1 N–H and O–H groups in total. The molecule has 25 heavy (non-hydrogen) atoms. The topological polar surface area (TPSA) is 55.1 Å². The van der Waals surface area contributed by atoms with Crippen LogP contribution in [0.3, 0.4) is 0 Å². The molecule has 3 rings (SSSR count). The minimum Gasteiger partial charge on any atom is -0.392 e. The highest BCUT2D eigenvalue weighted by atomic mass is 19.1. The maximum absolute atomic E-state index is 14.6. The van der Waals surface area contributed by atoms with Crippen molar-refractivity contribution in [1.29, 1.82) is 0 Å². The first-order valence-electron chi connectivity index (χ1n) is 7.84. The first-order chi connectivity index (χ1) is 11.7. The second-order valence-electron chi connectivity index (χ2n) is 6.96. The second kappa shape index (κ2) is 6.04. The highest BCUT2D eigenvalue weighted by Crippen LogP contribution is 2.27. The van der Waals surface area contributed by atoms with Gasteiger partial charge in [-0.15, -0.1) is 0 Å². The molecule has 0 amide bonds. The van der Waals surface area contributed by atoms with E-state index in [1.807, 2.05) is 20.8 Å². The second-order valence-corrected chi connectivity index (χ2v) is 6.96. The molecule has 0 bridgehead atoms. The molecule has 0 saturated heterocycles. The third-order valence-corrected chi connectivity index (χ3v) is 4.15. The van der Waals surface area contributed by atoms with Crippen LogP contribution in [0.15, 0.2) is 41.3 Å². The number of nitrogens with zero attached hydrogens (tertiary/aromatic N) is 2. The van der Waals surface area contributed by atoms with Gasteiger partial charge in [-0.25, -0.2) is 8.78 Å². The maximum atomic E-state index is 14.6. The molecule has 0 spiro atoms. The van der Waals surface area contributed by atoms with E-state index in [2.05, 4.69) is 5.10 Å². The van der Waals surface area contributed by atoms with Crippen LogP contribution in [0.25, 0.3) is 16.5 Å². The van der Waals surface area contributed by atoms with Gasteiger partial charge in [0.05, 0.1) is 23.9 Å². The molecule has 0 aliphatic carbocycles. The average Bonchev–Trinajstić information content (AvgIpc) is 2.54. The van der Waals surface area contributed by atoms with Gasteiger partial charge in [0.25, 0.3) is 5.56 Å². The van der Waals surface area contributed by atoms with Crippen LogP contribution in [0.4, 0.5) is 8.78 Å². The van der Waals surface area contributed by atoms with Crippen LogP contribution in [-0.4, -0.2) is 14.9 Å². The van der Waals surface area contributed by atoms with Gasteiger partial charge in [0.1, 0.15) is 11.6 Å². The summed E-state index contributed by atoms with van der Waals surface area (Å²) in [6.45, 7) is 5.45. The summed E-state index contributed by atoms with van der Waals surface area (Å²) in [5.74, 6) is -1.23. The van der Waals surface area contributed by atoms with Gasteiger partial charge in [-0.2, -0.15) is 9.78 Å². The van der Waals surface area contributed by atoms with Crippen LogP contribution in [0.2, 0.25) is 0 Å². The predicted molar refractivity (Wildman–Crippen MR) is 91.9 cm³/mol. The Kier molecular flexibility index (Phi) is 4.16. The fraction of sp³-hybridized carbons (Fsp3) is 0.263. The van der Waals surface area contributed by atoms with Gasteiger partial charge >= 0.3 is 0 Å². The maximum Gasteiger partial charge on any atom is 0.282 e. The van der Waals surface area contributed by atoms with Crippen molar-refractivity contribution in [2.24, 2.45) is 0 Å². The summed E-state index contributed by atoms with van der Waals surface area (Å²) in [5, 5.41) is 13.7. The van der Waals surface area contributed by atoms with Crippen molar-refractivity contribution >= 4 is 10.8 Å². The van der Waals surface area contributed by atoms with Crippen molar-refractivity contribution in [2.45, 2.75) is 32.8 Å². The lowest BCUT2D eigenvalue weighted by Gasteiger charge is -2.20. The highest BCUT2D eigenvalue weighted by molar-refractivity contribution is 5.82. The number of aliphatic hydroxyl groups is 1. The zero-order valence-corrected chi connectivity index (χ0v) is 14.2. The van der Waals surface area contributed by atoms with Gasteiger partial charge in [-0.1, -0.05) is 26.8 Å². The number of benzene rings is 2. The molecular formula is C19H18F2N2O2. The molecule has 2 aromatic carbocycles. The summed E-state index contributed by atoms with van der Waals surface area (Å²) in [5.41, 5.74) is 0.182. The number of hydrogen-bond acceptors (Lipinski definition) is 3. The van der Waals surface area contributed by atoms with Gasteiger partial charge in [-0.05, 0) is 29.2 Å². The van der Waals surface area contributed by atoms with Gasteiger partial charge in [0, 0.05) is 17.0 Å². The molecule has 1 heterocycles. The highest BCUT2D eigenvalue weighted by Gasteiger charge is 2.19. The molecule has 0 radical (unpaired) electrons. The molecule has 0 unspecified atom stereocenters. The number of aliphatic hydroxyl groups excluding tert-OH is 1. The molecule has 3 aromatic rings. The Morgan fingerprint density at radius 2 is 1.88 bits per heavy atom. The third-order valence-electron chi connectivity index (χ3n) is 4.15. The molecule has 4 nitrogen and oxygen atoms in total. The zero-order valence-electron chi connectivity index (χ0n) is 14.2. The van der Waals surface area contributed by atoms with E-state index in [0.717, 1.165) is 16.3 Å². The average molecular weight is 344 g/mol. The number of fused-ring (bicyclic) bond motifs is 1. The Morgan fingerprint density at radius 3 is 2.52 bits per heavy atom. The number of aromatic nitrogens is 2. The van der Waals surface area contributed by atoms with Crippen molar-refractivity contribution in [3.8, 4) is 5.69 Å². The van der Waals surface area contributed by atoms with E-state index in [4.69, 9.17) is 0 Å². The first-order valence-corrected chi connectivity index (χ1v) is 7.84. The van der Waals surface area contributed by atoms with Gasteiger partial charge < -0.3 is 5.11 Å². The predicted octanol–water partition coefficient (Wildman–Crippen LogP) is 3.45. The molecule has 1 aromatic heterocycles. The number of rotatable bonds is 2. The molecule has 0 aliphatic rings. The minimum absolute atomic E-state index is 0.0914. The summed E-state index contributed by atoms with van der Waals surface area (Å²) < 4.78 is 29.1. The van der Waals surface area contributed by atoms with Crippen LogP contribution in [0, 0.1) is 11.6 Å². The van der Waals surface area contributed by atoms with Crippen LogP contribution in [-0.2, 0) is 12.0 Å². The molecular weight excluding hydrogens is 326 g/mol. The van der Waals surface area contributed by atoms with E-state index in [1.165, 1.54) is 24.4 Å². The molecule has 0 atom stereocenters. The Balaban J connectivity index is 2.31. The quantitative estimate of drug-likeness (QED) is 0.775. The summed E-state index contributed by atoms with van der Waals surface area (Å²) in [6, 6.07) is 6.70. The number of halogens is 2. The normalized spacial score (nSPS) is 11.9. The summed E-state index contributed by atoms with van der Waals surface area (Å²) in [6.07, 6.45) is 1.38. The first kappa shape index (κ1) is 17.2. The fourth-order valence-electron chi connectivity index (χ4n) is 2.71. The smallest absolute Gasteiger partial charge is 0.282 e. The third kappa shape index (κ3) is 3.05. The standard InChI is InChI=1S/C19H18F2N2O2/c1-19(2,3)13-6-12-9-22-23(18(25)17(12)15(21)7-13)16-8-14(20)5-4-11(16)10-24/h4-9,24H,10H2,1-3H3. The lowest BCUT2D eigenvalue weighted by molar-refractivity contribution is 0.281. The minimum atomic E-state index is -0.698. The Labute approximate surface area is 143 Å². The van der Waals surface area contributed by atoms with E-state index in [1.54, 1.807) is 6.07 Å². The lowest BCUT2D eigenvalue weighted by atomic mass is 9.86. The lowest BCUT2D eigenvalue weighted by Crippen LogP contribution is -2.24. The van der Waals surface area contributed by atoms with E-state index in [-0.39, 0.29) is 16.5 Å². The monoisotopic (exact) mass is 344 g/mol. The van der Waals surface area contributed by atoms with Crippen molar-refractivity contribution < 1.29 is 13.9 Å². The molecule has 6 heteroatoms. The fourth-order valence-corrected chi connectivity index (χ4v) is 2.71. The Bertz CT molecular complexity index is 1020. The van der Waals surface area contributed by atoms with Crippen LogP contribution in [0.1, 0.15) is 31.9 Å². The van der Waals surface area contributed by atoms with Crippen molar-refractivity contribution in [2.75, 3.05) is 0 Å². The largest absolute Gasteiger partial charge is 0.392 e. The van der Waals surface area contributed by atoms with E-state index < -0.39 is 23.8 Å². The van der Waals surface area contributed by atoms with E-state index in [0.29, 0.717) is 10.9 Å². The van der Waals surface area contributed by atoms with Crippen LogP contribution >= 0.6 is 0 Å². The van der Waals surface area contributed by atoms with Crippen molar-refractivity contribution in [3.63, 3.8) is 0 Å². The van der Waals surface area contributed by atoms with Gasteiger partial charge in [-0.3, -0.25) is 4.79 Å². The molecule has 0 fully saturated rings. The Morgan fingerprint density at radius 1 is 1.16 bits per heavy atom. The van der Waals surface area contributed by atoms with E-state index >= 15 is 0 Å². The summed E-state index contributed by atoms with van der Waals surface area (Å²) in [7, 11) is 0. The zero-order chi connectivity index (χ0) is 18.4. The Hall–Kier alpha value is -2.60. The number of hydrogen-bond donors (Lipinski definition) is 1. The van der Waals surface area contributed by atoms with Crippen LogP contribution < -0.4 is 5.56 Å². The SMILES string of the molecule is CC(C)(C)c1cc(F)c2c(=O)n(-c3cc(F)ccc3CO)ncc2c1. The molecule has 0 aliphatic heterocycles. The van der Waals surface area contributed by atoms with Gasteiger partial charge in [0.2, 0.25) is 0 Å². The van der Waals surface area contributed by atoms with Crippen molar-refractivity contribution in [1.82, 2.24) is 9.78 Å². The van der Waals surface area contributed by atoms with E-state index in [9.17, 15) is 18.7 Å². The summed E-state index contributed by atoms with van der Waals surface area (Å²) >= 11 is 0. The molecule has 0 saturated carbocycles. The van der Waals surface area contributed by atoms with Gasteiger partial charge in [0.15, 0.2) is 0 Å².